The molecule has 0 saturated heterocycles. The normalized spacial score (nSPS) is 27.1. The standard InChI is InChI=1S/C11H18N2S/c1-7-8(2)14-11(13-7)6-9-3-4-10(12)5-9/h9-10H,3-6,12H2,1-2H3. The van der Waals surface area contributed by atoms with Crippen molar-refractivity contribution < 1.29 is 0 Å². The van der Waals surface area contributed by atoms with Crippen molar-refractivity contribution in [2.24, 2.45) is 11.7 Å². The molecule has 0 spiro atoms. The number of aryl methyl sites for hydroxylation is 2. The maximum atomic E-state index is 5.90. The van der Waals surface area contributed by atoms with E-state index in [-0.39, 0.29) is 0 Å². The average molecular weight is 210 g/mol. The van der Waals surface area contributed by atoms with Gasteiger partial charge in [-0.15, -0.1) is 11.3 Å². The summed E-state index contributed by atoms with van der Waals surface area (Å²) in [6, 6.07) is 0.446. The second kappa shape index (κ2) is 3.99. The summed E-state index contributed by atoms with van der Waals surface area (Å²) in [5.41, 5.74) is 7.10. The first kappa shape index (κ1) is 10.1. The molecule has 0 radical (unpaired) electrons. The van der Waals surface area contributed by atoms with Gasteiger partial charge in [0, 0.05) is 17.3 Å². The van der Waals surface area contributed by atoms with Crippen LogP contribution in [0.25, 0.3) is 0 Å². The van der Waals surface area contributed by atoms with E-state index >= 15 is 0 Å². The Labute approximate surface area is 89.5 Å². The van der Waals surface area contributed by atoms with Gasteiger partial charge in [-0.2, -0.15) is 0 Å². The van der Waals surface area contributed by atoms with E-state index in [2.05, 4.69) is 18.8 Å². The van der Waals surface area contributed by atoms with E-state index in [1.54, 1.807) is 0 Å². The second-order valence-electron chi connectivity index (χ2n) is 4.39. The van der Waals surface area contributed by atoms with Crippen LogP contribution in [0.15, 0.2) is 0 Å². The third-order valence-corrected chi connectivity index (χ3v) is 4.21. The van der Waals surface area contributed by atoms with Gasteiger partial charge in [-0.05, 0) is 39.0 Å². The van der Waals surface area contributed by atoms with Crippen molar-refractivity contribution in [3.8, 4) is 0 Å². The Balaban J connectivity index is 1.97. The molecule has 0 aliphatic heterocycles. The molecule has 2 nitrogen and oxygen atoms in total. The van der Waals surface area contributed by atoms with Gasteiger partial charge in [-0.3, -0.25) is 0 Å². The highest BCUT2D eigenvalue weighted by molar-refractivity contribution is 7.11. The monoisotopic (exact) mass is 210 g/mol. The van der Waals surface area contributed by atoms with Crippen molar-refractivity contribution in [3.05, 3.63) is 15.6 Å². The lowest BCUT2D eigenvalue weighted by Crippen LogP contribution is -2.15. The minimum absolute atomic E-state index is 0.446. The van der Waals surface area contributed by atoms with E-state index in [1.165, 1.54) is 34.8 Å². The van der Waals surface area contributed by atoms with Crippen LogP contribution in [0.5, 0.6) is 0 Å². The Morgan fingerprint density at radius 2 is 2.21 bits per heavy atom. The van der Waals surface area contributed by atoms with Crippen molar-refractivity contribution in [1.82, 2.24) is 4.98 Å². The Bertz CT molecular complexity index is 300. The summed E-state index contributed by atoms with van der Waals surface area (Å²) in [6.07, 6.45) is 4.83. The van der Waals surface area contributed by atoms with E-state index in [9.17, 15) is 0 Å². The highest BCUT2D eigenvalue weighted by atomic mass is 32.1. The predicted octanol–water partition coefficient (Wildman–Crippen LogP) is 2.43. The molecule has 1 saturated carbocycles. The summed E-state index contributed by atoms with van der Waals surface area (Å²) >= 11 is 1.85. The molecule has 1 aliphatic rings. The summed E-state index contributed by atoms with van der Waals surface area (Å²) in [5.74, 6) is 0.787. The fraction of sp³-hybridized carbons (Fsp3) is 0.727. The van der Waals surface area contributed by atoms with Crippen molar-refractivity contribution in [1.29, 1.82) is 0 Å². The molecule has 0 bridgehead atoms. The van der Waals surface area contributed by atoms with E-state index in [4.69, 9.17) is 5.73 Å². The van der Waals surface area contributed by atoms with Gasteiger partial charge in [-0.25, -0.2) is 4.98 Å². The molecule has 14 heavy (non-hydrogen) atoms. The largest absolute Gasteiger partial charge is 0.328 e. The number of thiazole rings is 1. The minimum atomic E-state index is 0.446. The zero-order valence-electron chi connectivity index (χ0n) is 8.92. The first-order chi connectivity index (χ1) is 6.65. The topological polar surface area (TPSA) is 38.9 Å². The fourth-order valence-corrected chi connectivity index (χ4v) is 3.22. The van der Waals surface area contributed by atoms with E-state index in [1.807, 2.05) is 11.3 Å². The zero-order valence-corrected chi connectivity index (χ0v) is 9.73. The van der Waals surface area contributed by atoms with Crippen LogP contribution in [0.4, 0.5) is 0 Å². The second-order valence-corrected chi connectivity index (χ2v) is 5.68. The van der Waals surface area contributed by atoms with Crippen LogP contribution < -0.4 is 5.73 Å². The third kappa shape index (κ3) is 2.15. The highest BCUT2D eigenvalue weighted by Gasteiger charge is 2.22. The van der Waals surface area contributed by atoms with Crippen LogP contribution in [0.1, 0.15) is 34.8 Å². The molecule has 2 N–H and O–H groups in total. The third-order valence-electron chi connectivity index (χ3n) is 3.12. The number of aromatic nitrogens is 1. The molecule has 3 heteroatoms. The number of rotatable bonds is 2. The Morgan fingerprint density at radius 1 is 1.43 bits per heavy atom. The Morgan fingerprint density at radius 3 is 2.71 bits per heavy atom. The molecule has 0 amide bonds. The van der Waals surface area contributed by atoms with Crippen molar-refractivity contribution in [3.63, 3.8) is 0 Å². The molecule has 1 aliphatic carbocycles. The Kier molecular flexibility index (Phi) is 2.88. The van der Waals surface area contributed by atoms with Crippen molar-refractivity contribution in [2.45, 2.75) is 45.6 Å². The van der Waals surface area contributed by atoms with Gasteiger partial charge in [0.25, 0.3) is 0 Å². The average Bonchev–Trinajstić information content (AvgIpc) is 2.62. The molecule has 0 aromatic carbocycles. The van der Waals surface area contributed by atoms with Crippen molar-refractivity contribution in [2.75, 3.05) is 0 Å². The van der Waals surface area contributed by atoms with E-state index in [0.717, 1.165) is 12.3 Å². The Hall–Kier alpha value is -0.410. The number of hydrogen-bond acceptors (Lipinski definition) is 3. The van der Waals surface area contributed by atoms with Crippen LogP contribution >= 0.6 is 11.3 Å². The fourth-order valence-electron chi connectivity index (χ4n) is 2.17. The highest BCUT2D eigenvalue weighted by Crippen LogP contribution is 2.29. The molecule has 78 valence electrons. The van der Waals surface area contributed by atoms with Crippen LogP contribution in [0, 0.1) is 19.8 Å². The zero-order chi connectivity index (χ0) is 10.1. The minimum Gasteiger partial charge on any atom is -0.328 e. The SMILES string of the molecule is Cc1nc(CC2CCC(N)C2)sc1C. The molecule has 1 aromatic heterocycles. The van der Waals surface area contributed by atoms with Crippen molar-refractivity contribution >= 4 is 11.3 Å². The summed E-state index contributed by atoms with van der Waals surface area (Å²) in [4.78, 5) is 5.94. The lowest BCUT2D eigenvalue weighted by molar-refractivity contribution is 0.533. The molecular formula is C11H18N2S. The smallest absolute Gasteiger partial charge is 0.0933 e. The summed E-state index contributed by atoms with van der Waals surface area (Å²) in [7, 11) is 0. The van der Waals surface area contributed by atoms with Crippen LogP contribution in [0.2, 0.25) is 0 Å². The van der Waals surface area contributed by atoms with E-state index in [0.29, 0.717) is 6.04 Å². The molecule has 1 fully saturated rings. The molecule has 1 heterocycles. The van der Waals surface area contributed by atoms with E-state index < -0.39 is 0 Å². The predicted molar refractivity (Wildman–Crippen MR) is 60.6 cm³/mol. The van der Waals surface area contributed by atoms with Crippen LogP contribution in [-0.2, 0) is 6.42 Å². The summed E-state index contributed by atoms with van der Waals surface area (Å²) in [6.45, 7) is 4.24. The molecule has 2 atom stereocenters. The van der Waals surface area contributed by atoms with Gasteiger partial charge < -0.3 is 5.73 Å². The maximum Gasteiger partial charge on any atom is 0.0933 e. The quantitative estimate of drug-likeness (QED) is 0.814. The number of nitrogens with zero attached hydrogens (tertiary/aromatic N) is 1. The van der Waals surface area contributed by atoms with Gasteiger partial charge in [0.15, 0.2) is 0 Å². The van der Waals surface area contributed by atoms with Crippen LogP contribution in [0.3, 0.4) is 0 Å². The first-order valence-corrected chi connectivity index (χ1v) is 6.15. The van der Waals surface area contributed by atoms with Gasteiger partial charge in [0.2, 0.25) is 0 Å². The van der Waals surface area contributed by atoms with Gasteiger partial charge in [0.05, 0.1) is 10.7 Å². The van der Waals surface area contributed by atoms with Gasteiger partial charge >= 0.3 is 0 Å². The number of hydrogen-bond donors (Lipinski definition) is 1. The number of nitrogens with two attached hydrogens (primary N) is 1. The summed E-state index contributed by atoms with van der Waals surface area (Å²) < 4.78 is 0. The molecule has 1 aromatic rings. The maximum absolute atomic E-state index is 5.90. The lowest BCUT2D eigenvalue weighted by Gasteiger charge is -2.05. The molecular weight excluding hydrogens is 192 g/mol. The molecule has 2 rings (SSSR count). The van der Waals surface area contributed by atoms with Crippen LogP contribution in [-0.4, -0.2) is 11.0 Å². The van der Waals surface area contributed by atoms with Gasteiger partial charge in [-0.1, -0.05) is 0 Å². The summed E-state index contributed by atoms with van der Waals surface area (Å²) in [5, 5.41) is 1.30. The lowest BCUT2D eigenvalue weighted by atomic mass is 10.0. The first-order valence-electron chi connectivity index (χ1n) is 5.33. The van der Waals surface area contributed by atoms with Gasteiger partial charge in [0.1, 0.15) is 0 Å². The molecule has 2 unspecified atom stereocenters.